The van der Waals surface area contributed by atoms with Gasteiger partial charge < -0.3 is 4.90 Å². The fraction of sp³-hybridized carbons (Fsp3) is 0.350. The molecule has 0 saturated heterocycles. The predicted molar refractivity (Wildman–Crippen MR) is 89.8 cm³/mol. The van der Waals surface area contributed by atoms with Gasteiger partial charge in [-0.25, -0.2) is 8.78 Å². The van der Waals surface area contributed by atoms with Crippen molar-refractivity contribution in [3.05, 3.63) is 70.8 Å². The minimum atomic E-state index is -0.988. The second-order valence-corrected chi connectivity index (χ2v) is 6.69. The molecule has 1 saturated carbocycles. The van der Waals surface area contributed by atoms with Crippen molar-refractivity contribution in [2.45, 2.75) is 45.2 Å². The van der Waals surface area contributed by atoms with Gasteiger partial charge in [0, 0.05) is 18.2 Å². The second-order valence-electron chi connectivity index (χ2n) is 6.69. The maximum absolute atomic E-state index is 13.4. The van der Waals surface area contributed by atoms with Crippen LogP contribution in [0.3, 0.4) is 0 Å². The van der Waals surface area contributed by atoms with Crippen LogP contribution in [0.25, 0.3) is 0 Å². The van der Waals surface area contributed by atoms with Crippen molar-refractivity contribution in [1.29, 1.82) is 0 Å². The molecule has 0 aromatic heterocycles. The fourth-order valence-corrected chi connectivity index (χ4v) is 2.75. The number of amides is 1. The molecule has 0 heterocycles. The normalized spacial score (nSPS) is 14.0. The zero-order valence-corrected chi connectivity index (χ0v) is 13.9. The number of benzene rings is 2. The van der Waals surface area contributed by atoms with Crippen LogP contribution in [0.1, 0.15) is 54.1 Å². The Kier molecular flexibility index (Phi) is 4.65. The van der Waals surface area contributed by atoms with E-state index in [0.29, 0.717) is 12.5 Å². The van der Waals surface area contributed by atoms with Gasteiger partial charge in [0.25, 0.3) is 5.91 Å². The smallest absolute Gasteiger partial charge is 0.254 e. The predicted octanol–water partition coefficient (Wildman–Crippen LogP) is 4.89. The van der Waals surface area contributed by atoms with Crippen LogP contribution >= 0.6 is 0 Å². The van der Waals surface area contributed by atoms with Crippen LogP contribution < -0.4 is 0 Å². The van der Waals surface area contributed by atoms with E-state index in [1.807, 2.05) is 12.1 Å². The molecule has 2 aromatic rings. The summed E-state index contributed by atoms with van der Waals surface area (Å²) in [5.41, 5.74) is 2.49. The van der Waals surface area contributed by atoms with Crippen LogP contribution in [0.2, 0.25) is 0 Å². The van der Waals surface area contributed by atoms with E-state index in [0.717, 1.165) is 30.5 Å². The largest absolute Gasteiger partial charge is 0.331 e. The van der Waals surface area contributed by atoms with Crippen LogP contribution in [0.4, 0.5) is 8.78 Å². The van der Waals surface area contributed by atoms with E-state index in [1.165, 1.54) is 11.6 Å². The van der Waals surface area contributed by atoms with E-state index in [-0.39, 0.29) is 17.5 Å². The molecule has 2 aromatic carbocycles. The third kappa shape index (κ3) is 3.64. The van der Waals surface area contributed by atoms with Crippen molar-refractivity contribution in [1.82, 2.24) is 4.90 Å². The van der Waals surface area contributed by atoms with Gasteiger partial charge in [0.05, 0.1) is 0 Å². The molecule has 1 aliphatic rings. The minimum absolute atomic E-state index is 0.190. The molecular formula is C20H21F2NO. The lowest BCUT2D eigenvalue weighted by molar-refractivity contribution is 0.0729. The molecule has 1 amide bonds. The van der Waals surface area contributed by atoms with Crippen LogP contribution in [0.5, 0.6) is 0 Å². The van der Waals surface area contributed by atoms with Crippen LogP contribution in [0, 0.1) is 11.6 Å². The Morgan fingerprint density at radius 1 is 1.08 bits per heavy atom. The summed E-state index contributed by atoms with van der Waals surface area (Å²) in [4.78, 5) is 14.5. The number of nitrogens with zero attached hydrogens (tertiary/aromatic N) is 1. The first-order chi connectivity index (χ1) is 11.5. The van der Waals surface area contributed by atoms with Crippen molar-refractivity contribution in [2.24, 2.45) is 0 Å². The van der Waals surface area contributed by atoms with Crippen molar-refractivity contribution in [3.8, 4) is 0 Å². The zero-order chi connectivity index (χ0) is 17.3. The lowest BCUT2D eigenvalue weighted by Crippen LogP contribution is -2.32. The molecule has 1 fully saturated rings. The molecular weight excluding hydrogens is 308 g/mol. The summed E-state index contributed by atoms with van der Waals surface area (Å²) in [6, 6.07) is 11.7. The number of carbonyl (C=O) groups is 1. The van der Waals surface area contributed by atoms with Crippen LogP contribution in [-0.4, -0.2) is 16.8 Å². The summed E-state index contributed by atoms with van der Waals surface area (Å²) >= 11 is 0. The second kappa shape index (κ2) is 6.71. The molecule has 0 N–H and O–H groups in total. The molecule has 0 unspecified atom stereocenters. The van der Waals surface area contributed by atoms with Gasteiger partial charge in [-0.05, 0) is 48.1 Å². The number of hydrogen-bond acceptors (Lipinski definition) is 1. The summed E-state index contributed by atoms with van der Waals surface area (Å²) < 4.78 is 26.5. The minimum Gasteiger partial charge on any atom is -0.331 e. The fourth-order valence-electron chi connectivity index (χ4n) is 2.75. The van der Waals surface area contributed by atoms with Crippen molar-refractivity contribution in [2.75, 3.05) is 0 Å². The molecule has 24 heavy (non-hydrogen) atoms. The van der Waals surface area contributed by atoms with Crippen LogP contribution in [0.15, 0.2) is 42.5 Å². The maximum Gasteiger partial charge on any atom is 0.254 e. The highest BCUT2D eigenvalue weighted by Crippen LogP contribution is 2.30. The van der Waals surface area contributed by atoms with Crippen molar-refractivity contribution >= 4 is 5.91 Å². The summed E-state index contributed by atoms with van der Waals surface area (Å²) in [5, 5.41) is 0. The molecule has 126 valence electrons. The quantitative estimate of drug-likeness (QED) is 0.764. The Bertz CT molecular complexity index is 736. The standard InChI is InChI=1S/C20H21F2NO/c1-13(2)15-5-3-14(4-6-15)12-23(17-8-9-17)20(24)16-7-10-18(21)19(22)11-16/h3-7,10-11,13,17H,8-9,12H2,1-2H3. The molecule has 1 aliphatic carbocycles. The summed E-state index contributed by atoms with van der Waals surface area (Å²) in [7, 11) is 0. The highest BCUT2D eigenvalue weighted by atomic mass is 19.2. The Morgan fingerprint density at radius 3 is 2.29 bits per heavy atom. The van der Waals surface area contributed by atoms with Gasteiger partial charge in [-0.1, -0.05) is 38.1 Å². The van der Waals surface area contributed by atoms with Crippen molar-refractivity contribution < 1.29 is 13.6 Å². The molecule has 2 nitrogen and oxygen atoms in total. The maximum atomic E-state index is 13.4. The summed E-state index contributed by atoms with van der Waals surface area (Å²) in [6.45, 7) is 4.76. The Hall–Kier alpha value is -2.23. The topological polar surface area (TPSA) is 20.3 Å². The third-order valence-electron chi connectivity index (χ3n) is 4.41. The molecule has 4 heteroatoms. The molecule has 0 atom stereocenters. The molecule has 0 bridgehead atoms. The Labute approximate surface area is 141 Å². The Morgan fingerprint density at radius 2 is 1.75 bits per heavy atom. The van der Waals surface area contributed by atoms with E-state index in [4.69, 9.17) is 0 Å². The highest BCUT2D eigenvalue weighted by Gasteiger charge is 2.33. The lowest BCUT2D eigenvalue weighted by atomic mass is 10.0. The van der Waals surface area contributed by atoms with E-state index in [9.17, 15) is 13.6 Å². The van der Waals surface area contributed by atoms with Gasteiger partial charge >= 0.3 is 0 Å². The molecule has 0 spiro atoms. The number of carbonyl (C=O) groups excluding carboxylic acids is 1. The zero-order valence-electron chi connectivity index (χ0n) is 13.9. The average Bonchev–Trinajstić information content (AvgIpc) is 3.40. The van der Waals surface area contributed by atoms with E-state index in [2.05, 4.69) is 26.0 Å². The first-order valence-electron chi connectivity index (χ1n) is 8.30. The first-order valence-corrected chi connectivity index (χ1v) is 8.30. The molecule has 0 aliphatic heterocycles. The van der Waals surface area contributed by atoms with Gasteiger partial charge in [0.2, 0.25) is 0 Å². The van der Waals surface area contributed by atoms with Gasteiger partial charge in [-0.3, -0.25) is 4.79 Å². The van der Waals surface area contributed by atoms with Gasteiger partial charge in [-0.15, -0.1) is 0 Å². The van der Waals surface area contributed by atoms with Gasteiger partial charge in [0.15, 0.2) is 11.6 Å². The summed E-state index contributed by atoms with van der Waals surface area (Å²) in [5.74, 6) is -1.71. The third-order valence-corrected chi connectivity index (χ3v) is 4.41. The number of hydrogen-bond donors (Lipinski definition) is 0. The van der Waals surface area contributed by atoms with Gasteiger partial charge in [0.1, 0.15) is 0 Å². The number of rotatable bonds is 5. The van der Waals surface area contributed by atoms with E-state index >= 15 is 0 Å². The summed E-state index contributed by atoms with van der Waals surface area (Å²) in [6.07, 6.45) is 1.92. The lowest BCUT2D eigenvalue weighted by Gasteiger charge is -2.23. The van der Waals surface area contributed by atoms with Crippen LogP contribution in [-0.2, 0) is 6.54 Å². The Balaban J connectivity index is 1.79. The monoisotopic (exact) mass is 329 g/mol. The number of halogens is 2. The van der Waals surface area contributed by atoms with E-state index in [1.54, 1.807) is 4.90 Å². The average molecular weight is 329 g/mol. The highest BCUT2D eigenvalue weighted by molar-refractivity contribution is 5.94. The molecule has 0 radical (unpaired) electrons. The first kappa shape index (κ1) is 16.6. The molecule has 3 rings (SSSR count). The SMILES string of the molecule is CC(C)c1ccc(CN(C(=O)c2ccc(F)c(F)c2)C2CC2)cc1. The van der Waals surface area contributed by atoms with E-state index < -0.39 is 11.6 Å². The van der Waals surface area contributed by atoms with Crippen molar-refractivity contribution in [3.63, 3.8) is 0 Å². The van der Waals surface area contributed by atoms with Gasteiger partial charge in [-0.2, -0.15) is 0 Å².